The number of carbonyl (C=O) groups is 1. The van der Waals surface area contributed by atoms with Gasteiger partial charge in [0, 0.05) is 26.4 Å². The minimum atomic E-state index is -0.208. The van der Waals surface area contributed by atoms with Gasteiger partial charge < -0.3 is 9.64 Å². The van der Waals surface area contributed by atoms with Crippen LogP contribution in [0.4, 0.5) is 5.82 Å². The fourth-order valence-corrected chi connectivity index (χ4v) is 4.65. The highest BCUT2D eigenvalue weighted by Gasteiger charge is 2.32. The molecule has 0 atom stereocenters. The molecule has 1 amide bonds. The fourth-order valence-electron chi connectivity index (χ4n) is 3.36. The predicted octanol–water partition coefficient (Wildman–Crippen LogP) is 3.09. The van der Waals surface area contributed by atoms with Gasteiger partial charge in [0.05, 0.1) is 23.6 Å². The van der Waals surface area contributed by atoms with Crippen LogP contribution >= 0.6 is 24.0 Å². The van der Waals surface area contributed by atoms with E-state index < -0.39 is 0 Å². The highest BCUT2D eigenvalue weighted by atomic mass is 32.2. The van der Waals surface area contributed by atoms with Gasteiger partial charge in [-0.3, -0.25) is 18.9 Å². The van der Waals surface area contributed by atoms with E-state index in [2.05, 4.69) is 11.8 Å². The van der Waals surface area contributed by atoms with E-state index in [4.69, 9.17) is 21.9 Å². The van der Waals surface area contributed by atoms with Gasteiger partial charge >= 0.3 is 0 Å². The van der Waals surface area contributed by atoms with Crippen molar-refractivity contribution in [3.63, 3.8) is 0 Å². The summed E-state index contributed by atoms with van der Waals surface area (Å²) in [5, 5.41) is 0. The van der Waals surface area contributed by atoms with Crippen molar-refractivity contribution in [2.24, 2.45) is 0 Å². The van der Waals surface area contributed by atoms with Crippen LogP contribution in [-0.2, 0) is 9.53 Å². The zero-order chi connectivity index (χ0) is 21.8. The Bertz CT molecular complexity index is 1060. The molecule has 0 spiro atoms. The van der Waals surface area contributed by atoms with Gasteiger partial charge in [0.25, 0.3) is 11.5 Å². The summed E-state index contributed by atoms with van der Waals surface area (Å²) in [5.74, 6) is 0.390. The molecule has 1 fully saturated rings. The third kappa shape index (κ3) is 4.28. The number of methoxy groups -OCH3 is 1. The number of thiocarbonyl (C=S) groups is 1. The Balaban J connectivity index is 2.18. The zero-order valence-electron chi connectivity index (χ0n) is 17.7. The van der Waals surface area contributed by atoms with Crippen molar-refractivity contribution in [1.29, 1.82) is 0 Å². The van der Waals surface area contributed by atoms with Crippen LogP contribution in [0.2, 0.25) is 0 Å². The Kier molecular flexibility index (Phi) is 7.27. The second kappa shape index (κ2) is 9.72. The Morgan fingerprint density at radius 1 is 1.33 bits per heavy atom. The molecule has 30 heavy (non-hydrogen) atoms. The molecule has 3 heterocycles. The summed E-state index contributed by atoms with van der Waals surface area (Å²) in [6, 6.07) is 3.75. The van der Waals surface area contributed by atoms with E-state index in [1.807, 2.05) is 26.0 Å². The average Bonchev–Trinajstić information content (AvgIpc) is 3.00. The van der Waals surface area contributed by atoms with E-state index in [1.54, 1.807) is 19.4 Å². The highest BCUT2D eigenvalue weighted by Crippen LogP contribution is 2.33. The quantitative estimate of drug-likeness (QED) is 0.456. The van der Waals surface area contributed by atoms with Crippen molar-refractivity contribution in [2.45, 2.75) is 27.2 Å². The molecule has 0 unspecified atom stereocenters. The van der Waals surface area contributed by atoms with Crippen LogP contribution in [0.5, 0.6) is 0 Å². The van der Waals surface area contributed by atoms with Crippen molar-refractivity contribution in [1.82, 2.24) is 14.3 Å². The number of fused-ring (bicyclic) bond motifs is 1. The van der Waals surface area contributed by atoms with E-state index >= 15 is 0 Å². The molecule has 0 radical (unpaired) electrons. The summed E-state index contributed by atoms with van der Waals surface area (Å²) < 4.78 is 7.08. The topological polar surface area (TPSA) is 67.2 Å². The van der Waals surface area contributed by atoms with Crippen LogP contribution in [0.3, 0.4) is 0 Å². The molecule has 7 nitrogen and oxygen atoms in total. The maximum absolute atomic E-state index is 13.4. The number of nitrogens with zero attached hydrogens (tertiary/aromatic N) is 4. The largest absolute Gasteiger partial charge is 0.383 e. The maximum atomic E-state index is 13.4. The summed E-state index contributed by atoms with van der Waals surface area (Å²) in [7, 11) is 1.58. The monoisotopic (exact) mass is 446 g/mol. The molecule has 1 aliphatic rings. The molecule has 1 saturated heterocycles. The zero-order valence-corrected chi connectivity index (χ0v) is 19.3. The minimum Gasteiger partial charge on any atom is -0.383 e. The number of amides is 1. The predicted molar refractivity (Wildman–Crippen MR) is 126 cm³/mol. The van der Waals surface area contributed by atoms with E-state index in [-0.39, 0.29) is 11.5 Å². The SMILES string of the molecule is CCCN(CC)c1nc2c(C)cccn2c(=O)c1/C=C1\SC(=S)N(CCOC)C1=O. The smallest absolute Gasteiger partial charge is 0.267 e. The molecule has 0 aliphatic carbocycles. The highest BCUT2D eigenvalue weighted by molar-refractivity contribution is 8.26. The van der Waals surface area contributed by atoms with Gasteiger partial charge in [0.15, 0.2) is 0 Å². The summed E-state index contributed by atoms with van der Waals surface area (Å²) >= 11 is 6.57. The van der Waals surface area contributed by atoms with Crippen LogP contribution in [-0.4, -0.2) is 57.9 Å². The Morgan fingerprint density at radius 2 is 2.10 bits per heavy atom. The van der Waals surface area contributed by atoms with Crippen LogP contribution in [0.1, 0.15) is 31.4 Å². The van der Waals surface area contributed by atoms with Gasteiger partial charge in [-0.2, -0.15) is 0 Å². The van der Waals surface area contributed by atoms with E-state index in [9.17, 15) is 9.59 Å². The van der Waals surface area contributed by atoms with Crippen LogP contribution < -0.4 is 10.5 Å². The maximum Gasteiger partial charge on any atom is 0.267 e. The number of hydrogen-bond donors (Lipinski definition) is 0. The number of pyridine rings is 1. The van der Waals surface area contributed by atoms with E-state index in [0.717, 1.165) is 18.5 Å². The molecule has 3 rings (SSSR count). The van der Waals surface area contributed by atoms with Crippen molar-refractivity contribution in [2.75, 3.05) is 38.3 Å². The number of thioether (sulfide) groups is 1. The normalized spacial score (nSPS) is 15.6. The molecular formula is C21H26N4O3S2. The first kappa shape index (κ1) is 22.5. The number of hydrogen-bond acceptors (Lipinski definition) is 7. The third-order valence-electron chi connectivity index (χ3n) is 4.91. The summed E-state index contributed by atoms with van der Waals surface area (Å²) in [6.45, 7) is 8.30. The van der Waals surface area contributed by atoms with Crippen molar-refractivity contribution in [3.8, 4) is 0 Å². The Labute approximate surface area is 185 Å². The number of carbonyl (C=O) groups excluding carboxylic acids is 1. The molecule has 0 aromatic carbocycles. The van der Waals surface area contributed by atoms with Gasteiger partial charge in [-0.1, -0.05) is 37.0 Å². The van der Waals surface area contributed by atoms with Crippen LogP contribution in [0.15, 0.2) is 28.0 Å². The lowest BCUT2D eigenvalue weighted by atomic mass is 10.2. The number of rotatable bonds is 8. The van der Waals surface area contributed by atoms with Crippen molar-refractivity contribution < 1.29 is 9.53 Å². The summed E-state index contributed by atoms with van der Waals surface area (Å²) in [4.78, 5) is 35.2. The summed E-state index contributed by atoms with van der Waals surface area (Å²) in [6.07, 6.45) is 4.27. The van der Waals surface area contributed by atoms with Crippen molar-refractivity contribution >= 4 is 51.7 Å². The first-order chi connectivity index (χ1) is 14.4. The molecule has 160 valence electrons. The second-order valence-electron chi connectivity index (χ2n) is 6.94. The standard InChI is InChI=1S/C21H26N4O3S2/c1-5-9-23(6-2)18-15(19(26)24-10-7-8-14(3)17(24)22-18)13-16-20(27)25(11-12-28-4)21(29)30-16/h7-8,10,13H,5-6,9,11-12H2,1-4H3/b16-13-. The molecule has 0 saturated carbocycles. The molecule has 9 heteroatoms. The number of aryl methyl sites for hydroxylation is 1. The first-order valence-electron chi connectivity index (χ1n) is 9.94. The van der Waals surface area contributed by atoms with Crippen LogP contribution in [0.25, 0.3) is 11.7 Å². The van der Waals surface area contributed by atoms with Gasteiger partial charge in [-0.15, -0.1) is 0 Å². The second-order valence-corrected chi connectivity index (χ2v) is 8.62. The van der Waals surface area contributed by atoms with Gasteiger partial charge in [-0.25, -0.2) is 4.98 Å². The van der Waals surface area contributed by atoms with E-state index in [1.165, 1.54) is 21.1 Å². The number of ether oxygens (including phenoxy) is 1. The molecule has 1 aliphatic heterocycles. The first-order valence-corrected chi connectivity index (χ1v) is 11.2. The number of aromatic nitrogens is 2. The molecule has 0 bridgehead atoms. The number of anilines is 1. The lowest BCUT2D eigenvalue weighted by molar-refractivity contribution is -0.122. The van der Waals surface area contributed by atoms with Crippen LogP contribution in [0, 0.1) is 6.92 Å². The Hall–Kier alpha value is -2.23. The average molecular weight is 447 g/mol. The third-order valence-corrected chi connectivity index (χ3v) is 6.28. The van der Waals surface area contributed by atoms with Gasteiger partial charge in [-0.05, 0) is 38.0 Å². The summed E-state index contributed by atoms with van der Waals surface area (Å²) in [5.41, 5.74) is 1.74. The van der Waals surface area contributed by atoms with E-state index in [0.29, 0.717) is 46.0 Å². The lowest BCUT2D eigenvalue weighted by Gasteiger charge is -2.23. The minimum absolute atomic E-state index is 0.199. The Morgan fingerprint density at radius 3 is 2.77 bits per heavy atom. The van der Waals surface area contributed by atoms with Crippen molar-refractivity contribution in [3.05, 3.63) is 44.7 Å². The molecule has 2 aromatic rings. The van der Waals surface area contributed by atoms with Gasteiger partial charge in [0.2, 0.25) is 0 Å². The molecule has 2 aromatic heterocycles. The van der Waals surface area contributed by atoms with Gasteiger partial charge in [0.1, 0.15) is 15.8 Å². The molecular weight excluding hydrogens is 420 g/mol. The molecule has 0 N–H and O–H groups in total. The fraction of sp³-hybridized carbons (Fsp3) is 0.429. The lowest BCUT2D eigenvalue weighted by Crippen LogP contribution is -2.31.